The standard InChI is InChI=1S/C27H36O3/c1-26-11-9-21-22(24(26)10-12-27(26)29-13-14-30-27)8-7-19-17-25(28)20(16-23(19)21)15-18-5-3-2-4-6-18/h2-6,15,19,21-25,28H,7-14,16-17H2,1H3/b20-15+/t19-,21-,22+,23-,24+,25+,26-/m0/s1. The molecule has 1 N–H and O–H groups in total. The summed E-state index contributed by atoms with van der Waals surface area (Å²) in [7, 11) is 0. The number of aliphatic hydroxyl groups is 1. The van der Waals surface area contributed by atoms with Gasteiger partial charge in [-0.25, -0.2) is 0 Å². The van der Waals surface area contributed by atoms with Crippen molar-refractivity contribution in [2.24, 2.45) is 35.0 Å². The summed E-state index contributed by atoms with van der Waals surface area (Å²) < 4.78 is 12.6. The molecule has 1 saturated heterocycles. The van der Waals surface area contributed by atoms with Crippen molar-refractivity contribution in [3.8, 4) is 0 Å². The van der Waals surface area contributed by atoms with Gasteiger partial charge in [-0.1, -0.05) is 43.3 Å². The summed E-state index contributed by atoms with van der Waals surface area (Å²) in [6, 6.07) is 10.5. The molecule has 0 unspecified atom stereocenters. The zero-order chi connectivity index (χ0) is 20.3. The molecule has 0 amide bonds. The molecule has 7 atom stereocenters. The van der Waals surface area contributed by atoms with Gasteiger partial charge in [0.1, 0.15) is 0 Å². The second-order valence-electron chi connectivity index (χ2n) is 11.0. The van der Waals surface area contributed by atoms with Gasteiger partial charge >= 0.3 is 0 Å². The first kappa shape index (κ1) is 19.5. The third kappa shape index (κ3) is 2.81. The van der Waals surface area contributed by atoms with Gasteiger partial charge in [0.15, 0.2) is 5.79 Å². The fourth-order valence-corrected chi connectivity index (χ4v) is 8.49. The van der Waals surface area contributed by atoms with Crippen LogP contribution in [0.5, 0.6) is 0 Å². The summed E-state index contributed by atoms with van der Waals surface area (Å²) in [5.74, 6) is 3.52. The van der Waals surface area contributed by atoms with E-state index in [9.17, 15) is 5.11 Å². The molecule has 6 rings (SSSR count). The number of benzene rings is 1. The summed E-state index contributed by atoms with van der Waals surface area (Å²) in [6.45, 7) is 4.02. The fourth-order valence-electron chi connectivity index (χ4n) is 8.49. The van der Waals surface area contributed by atoms with Crippen LogP contribution in [0, 0.1) is 35.0 Å². The lowest BCUT2D eigenvalue weighted by Gasteiger charge is -2.57. The number of fused-ring (bicyclic) bond motifs is 6. The lowest BCUT2D eigenvalue weighted by Crippen LogP contribution is -2.54. The Morgan fingerprint density at radius 2 is 1.73 bits per heavy atom. The first-order valence-corrected chi connectivity index (χ1v) is 12.3. The molecular formula is C27H36O3. The minimum Gasteiger partial charge on any atom is -0.389 e. The highest BCUT2D eigenvalue weighted by atomic mass is 16.7. The average Bonchev–Trinajstić information content (AvgIpc) is 3.35. The molecule has 30 heavy (non-hydrogen) atoms. The molecular weight excluding hydrogens is 372 g/mol. The van der Waals surface area contributed by atoms with Crippen LogP contribution < -0.4 is 0 Å². The van der Waals surface area contributed by atoms with E-state index in [1.54, 1.807) is 0 Å². The highest BCUT2D eigenvalue weighted by Crippen LogP contribution is 2.67. The molecule has 1 aliphatic heterocycles. The maximum absolute atomic E-state index is 10.9. The molecule has 1 heterocycles. The number of rotatable bonds is 1. The molecule has 3 heteroatoms. The highest BCUT2D eigenvalue weighted by Gasteiger charge is 2.65. The van der Waals surface area contributed by atoms with Crippen LogP contribution in [0.1, 0.15) is 63.9 Å². The first-order chi connectivity index (χ1) is 14.6. The topological polar surface area (TPSA) is 38.7 Å². The van der Waals surface area contributed by atoms with Crippen molar-refractivity contribution in [2.75, 3.05) is 13.2 Å². The SMILES string of the molecule is C[C@]12CC[C@H]3[C@@H](CC[C@H]4C[C@@H](O)/C(=C/c5ccccc5)C[C@@H]43)[C@H]1CCC21OCCO1. The van der Waals surface area contributed by atoms with E-state index < -0.39 is 0 Å². The molecule has 1 aromatic rings. The van der Waals surface area contributed by atoms with E-state index in [1.165, 1.54) is 43.2 Å². The molecule has 4 saturated carbocycles. The van der Waals surface area contributed by atoms with Gasteiger partial charge in [-0.3, -0.25) is 0 Å². The van der Waals surface area contributed by atoms with Crippen LogP contribution in [0.4, 0.5) is 0 Å². The van der Waals surface area contributed by atoms with Gasteiger partial charge in [0, 0.05) is 11.8 Å². The van der Waals surface area contributed by atoms with Crippen LogP contribution in [-0.4, -0.2) is 30.2 Å². The van der Waals surface area contributed by atoms with Crippen LogP contribution in [0.15, 0.2) is 35.9 Å². The Morgan fingerprint density at radius 3 is 2.53 bits per heavy atom. The van der Waals surface area contributed by atoms with Gasteiger partial charge in [0.2, 0.25) is 0 Å². The fraction of sp³-hybridized carbons (Fsp3) is 0.704. The van der Waals surface area contributed by atoms with Crippen molar-refractivity contribution < 1.29 is 14.6 Å². The van der Waals surface area contributed by atoms with Crippen LogP contribution in [0.2, 0.25) is 0 Å². The molecule has 0 bridgehead atoms. The molecule has 0 radical (unpaired) electrons. The predicted octanol–water partition coefficient (Wildman–Crippen LogP) is 5.44. The Morgan fingerprint density at radius 1 is 0.933 bits per heavy atom. The minimum absolute atomic E-state index is 0.189. The van der Waals surface area contributed by atoms with Gasteiger partial charge in [0.05, 0.1) is 19.3 Å². The predicted molar refractivity (Wildman–Crippen MR) is 118 cm³/mol. The number of hydrogen-bond donors (Lipinski definition) is 1. The van der Waals surface area contributed by atoms with Gasteiger partial charge < -0.3 is 14.6 Å². The zero-order valence-electron chi connectivity index (χ0n) is 18.3. The Kier molecular flexibility index (Phi) is 4.67. The first-order valence-electron chi connectivity index (χ1n) is 12.3. The van der Waals surface area contributed by atoms with E-state index in [1.807, 2.05) is 0 Å². The summed E-state index contributed by atoms with van der Waals surface area (Å²) in [6.07, 6.45) is 11.6. The molecule has 1 spiro atoms. The Hall–Kier alpha value is -1.16. The van der Waals surface area contributed by atoms with E-state index in [0.717, 1.165) is 56.1 Å². The van der Waals surface area contributed by atoms with Gasteiger partial charge in [0.25, 0.3) is 0 Å². The lowest BCUT2D eigenvalue weighted by atomic mass is 9.49. The average molecular weight is 409 g/mol. The van der Waals surface area contributed by atoms with Crippen molar-refractivity contribution in [1.82, 2.24) is 0 Å². The Labute approximate surface area is 180 Å². The van der Waals surface area contributed by atoms with E-state index in [2.05, 4.69) is 43.3 Å². The van der Waals surface area contributed by atoms with Crippen molar-refractivity contribution in [2.45, 2.75) is 70.2 Å². The van der Waals surface area contributed by atoms with Crippen molar-refractivity contribution in [1.29, 1.82) is 0 Å². The molecule has 162 valence electrons. The molecule has 3 nitrogen and oxygen atoms in total. The molecule has 0 aromatic heterocycles. The smallest absolute Gasteiger partial charge is 0.174 e. The summed E-state index contributed by atoms with van der Waals surface area (Å²) in [5.41, 5.74) is 2.68. The van der Waals surface area contributed by atoms with Gasteiger partial charge in [-0.2, -0.15) is 0 Å². The Balaban J connectivity index is 1.26. The van der Waals surface area contributed by atoms with Crippen LogP contribution in [0.25, 0.3) is 6.08 Å². The summed E-state index contributed by atoms with van der Waals surface area (Å²) >= 11 is 0. The third-order valence-corrected chi connectivity index (χ3v) is 9.89. The van der Waals surface area contributed by atoms with Crippen molar-refractivity contribution in [3.63, 3.8) is 0 Å². The lowest BCUT2D eigenvalue weighted by molar-refractivity contribution is -0.243. The summed E-state index contributed by atoms with van der Waals surface area (Å²) in [4.78, 5) is 0. The second kappa shape index (κ2) is 7.18. The number of ether oxygens (including phenoxy) is 2. The number of hydrogen-bond acceptors (Lipinski definition) is 3. The van der Waals surface area contributed by atoms with Crippen LogP contribution in [0.3, 0.4) is 0 Å². The maximum Gasteiger partial charge on any atom is 0.174 e. The highest BCUT2D eigenvalue weighted by molar-refractivity contribution is 5.54. The normalized spacial score (nSPS) is 45.9. The Bertz CT molecular complexity index is 811. The quantitative estimate of drug-likeness (QED) is 0.673. The molecule has 5 aliphatic rings. The largest absolute Gasteiger partial charge is 0.389 e. The molecule has 1 aromatic carbocycles. The minimum atomic E-state index is -0.291. The second-order valence-corrected chi connectivity index (χ2v) is 11.0. The van der Waals surface area contributed by atoms with Crippen molar-refractivity contribution >= 4 is 6.08 Å². The maximum atomic E-state index is 10.9. The van der Waals surface area contributed by atoms with E-state index in [4.69, 9.17) is 9.47 Å². The van der Waals surface area contributed by atoms with Crippen molar-refractivity contribution in [3.05, 3.63) is 41.5 Å². The summed E-state index contributed by atoms with van der Waals surface area (Å²) in [5, 5.41) is 10.9. The van der Waals surface area contributed by atoms with Crippen LogP contribution in [-0.2, 0) is 9.47 Å². The third-order valence-electron chi connectivity index (χ3n) is 9.89. The molecule has 4 aliphatic carbocycles. The zero-order valence-corrected chi connectivity index (χ0v) is 18.3. The number of aliphatic hydroxyl groups excluding tert-OH is 1. The molecule has 5 fully saturated rings. The van der Waals surface area contributed by atoms with E-state index >= 15 is 0 Å². The van der Waals surface area contributed by atoms with E-state index in [0.29, 0.717) is 5.92 Å². The van der Waals surface area contributed by atoms with Crippen LogP contribution >= 0.6 is 0 Å². The van der Waals surface area contributed by atoms with Gasteiger partial charge in [-0.05, 0) is 85.7 Å². The monoisotopic (exact) mass is 408 g/mol. The van der Waals surface area contributed by atoms with E-state index in [-0.39, 0.29) is 17.3 Å². The van der Waals surface area contributed by atoms with Gasteiger partial charge in [-0.15, -0.1) is 0 Å².